The molecule has 180 valence electrons. The van der Waals surface area contributed by atoms with E-state index in [-0.39, 0.29) is 34.1 Å². The van der Waals surface area contributed by atoms with E-state index in [1.807, 2.05) is 18.2 Å². The van der Waals surface area contributed by atoms with Crippen molar-refractivity contribution in [3.63, 3.8) is 0 Å². The SMILES string of the molecule is O=C(Nc1cncc(-c2cnc3[nH]nc(-c4nc5c(-c6ccccn6)nccc5[nH]4)c3c2F)c1)C1CC1. The standard InChI is InChI=1S/C26H18FN9O/c27-20-16(14-9-15(11-28-10-14)32-26(37)13-4-5-13)12-31-24-19(20)23(35-36-24)25-33-18-6-8-30-21(22(18)34-25)17-3-1-2-7-29-17/h1-3,6-13H,4-5H2,(H,32,37)(H,33,34)(H,31,35,36). The molecule has 0 bridgehead atoms. The number of amides is 1. The van der Waals surface area contributed by atoms with Gasteiger partial charge < -0.3 is 10.3 Å². The van der Waals surface area contributed by atoms with Crippen molar-refractivity contribution in [1.82, 2.24) is 40.1 Å². The van der Waals surface area contributed by atoms with Crippen molar-refractivity contribution in [2.24, 2.45) is 5.92 Å². The minimum absolute atomic E-state index is 0.0455. The highest BCUT2D eigenvalue weighted by Gasteiger charge is 2.29. The Kier molecular flexibility index (Phi) is 4.74. The lowest BCUT2D eigenvalue weighted by Crippen LogP contribution is -2.13. The highest BCUT2D eigenvalue weighted by Crippen LogP contribution is 2.35. The Morgan fingerprint density at radius 2 is 1.95 bits per heavy atom. The number of rotatable bonds is 5. The van der Waals surface area contributed by atoms with Crippen LogP contribution in [0.1, 0.15) is 12.8 Å². The molecule has 6 aromatic rings. The van der Waals surface area contributed by atoms with Crippen molar-refractivity contribution in [1.29, 1.82) is 0 Å². The van der Waals surface area contributed by atoms with E-state index < -0.39 is 5.82 Å². The van der Waals surface area contributed by atoms with Gasteiger partial charge in [0.15, 0.2) is 11.5 Å². The summed E-state index contributed by atoms with van der Waals surface area (Å²) in [4.78, 5) is 37.5. The number of anilines is 1. The maximum Gasteiger partial charge on any atom is 0.227 e. The molecule has 6 aromatic heterocycles. The van der Waals surface area contributed by atoms with Crippen LogP contribution >= 0.6 is 0 Å². The number of carbonyl (C=O) groups is 1. The summed E-state index contributed by atoms with van der Waals surface area (Å²) in [5, 5.41) is 10.1. The first-order chi connectivity index (χ1) is 18.2. The zero-order chi connectivity index (χ0) is 24.9. The number of aromatic nitrogens is 8. The lowest BCUT2D eigenvalue weighted by molar-refractivity contribution is -0.117. The lowest BCUT2D eigenvalue weighted by Gasteiger charge is -2.08. The second-order valence-electron chi connectivity index (χ2n) is 8.86. The van der Waals surface area contributed by atoms with Gasteiger partial charge in [-0.2, -0.15) is 5.10 Å². The number of nitrogens with zero attached hydrogens (tertiary/aromatic N) is 6. The molecule has 37 heavy (non-hydrogen) atoms. The molecule has 0 aliphatic heterocycles. The average molecular weight is 491 g/mol. The molecule has 0 radical (unpaired) electrons. The Hall–Kier alpha value is -5.06. The van der Waals surface area contributed by atoms with Gasteiger partial charge >= 0.3 is 0 Å². The number of fused-ring (bicyclic) bond motifs is 2. The van der Waals surface area contributed by atoms with Crippen molar-refractivity contribution in [3.8, 4) is 34.0 Å². The van der Waals surface area contributed by atoms with Crippen LogP contribution in [0.25, 0.3) is 56.1 Å². The molecular weight excluding hydrogens is 473 g/mol. The largest absolute Gasteiger partial charge is 0.336 e. The third-order valence-corrected chi connectivity index (χ3v) is 6.32. The van der Waals surface area contributed by atoms with Gasteiger partial charge in [-0.3, -0.25) is 24.8 Å². The van der Waals surface area contributed by atoms with E-state index in [0.29, 0.717) is 34.0 Å². The van der Waals surface area contributed by atoms with Crippen LogP contribution < -0.4 is 5.32 Å². The maximum atomic E-state index is 16.0. The average Bonchev–Trinajstić information content (AvgIpc) is 3.54. The maximum absolute atomic E-state index is 16.0. The van der Waals surface area contributed by atoms with Crippen molar-refractivity contribution in [3.05, 3.63) is 67.1 Å². The number of nitrogens with one attached hydrogen (secondary N) is 3. The van der Waals surface area contributed by atoms with Gasteiger partial charge in [-0.25, -0.2) is 14.4 Å². The molecular formula is C26H18FN9O. The van der Waals surface area contributed by atoms with E-state index in [0.717, 1.165) is 18.4 Å². The zero-order valence-electron chi connectivity index (χ0n) is 19.2. The summed E-state index contributed by atoms with van der Waals surface area (Å²) in [6.07, 6.45) is 9.62. The Labute approximate surface area is 208 Å². The number of hydrogen-bond donors (Lipinski definition) is 3. The van der Waals surface area contributed by atoms with E-state index >= 15 is 4.39 Å². The molecule has 11 heteroatoms. The molecule has 1 aliphatic carbocycles. The van der Waals surface area contributed by atoms with Gasteiger partial charge in [-0.1, -0.05) is 6.07 Å². The Morgan fingerprint density at radius 1 is 1.03 bits per heavy atom. The van der Waals surface area contributed by atoms with E-state index in [1.54, 1.807) is 30.7 Å². The molecule has 1 fully saturated rings. The number of imidazole rings is 1. The van der Waals surface area contributed by atoms with Crippen molar-refractivity contribution in [2.75, 3.05) is 5.32 Å². The molecule has 0 atom stereocenters. The number of hydrogen-bond acceptors (Lipinski definition) is 7. The molecule has 10 nitrogen and oxygen atoms in total. The monoisotopic (exact) mass is 491 g/mol. The summed E-state index contributed by atoms with van der Waals surface area (Å²) in [6.45, 7) is 0. The van der Waals surface area contributed by atoms with Crippen LogP contribution in [0, 0.1) is 11.7 Å². The summed E-state index contributed by atoms with van der Waals surface area (Å²) in [5.74, 6) is -0.156. The topological polar surface area (TPSA) is 138 Å². The number of H-pyrrole nitrogens is 2. The predicted octanol–water partition coefficient (Wildman–Crippen LogP) is 4.51. The van der Waals surface area contributed by atoms with Crippen LogP contribution in [-0.4, -0.2) is 46.0 Å². The second-order valence-corrected chi connectivity index (χ2v) is 8.86. The van der Waals surface area contributed by atoms with Crippen LogP contribution in [0.5, 0.6) is 0 Å². The molecule has 1 saturated carbocycles. The summed E-state index contributed by atoms with van der Waals surface area (Å²) in [5.41, 5.74) is 4.39. The minimum Gasteiger partial charge on any atom is -0.336 e. The first-order valence-electron chi connectivity index (χ1n) is 11.7. The van der Waals surface area contributed by atoms with Crippen LogP contribution in [0.2, 0.25) is 0 Å². The molecule has 1 amide bonds. The fourth-order valence-electron chi connectivity index (χ4n) is 4.31. The van der Waals surface area contributed by atoms with Crippen molar-refractivity contribution < 1.29 is 9.18 Å². The summed E-state index contributed by atoms with van der Waals surface area (Å²) >= 11 is 0. The second kappa shape index (κ2) is 8.26. The Balaban J connectivity index is 1.32. The smallest absolute Gasteiger partial charge is 0.227 e. The number of pyridine rings is 4. The molecule has 1 aliphatic rings. The fourth-order valence-corrected chi connectivity index (χ4v) is 4.31. The van der Waals surface area contributed by atoms with Crippen LogP contribution in [0.15, 0.2) is 61.3 Å². The molecule has 0 saturated heterocycles. The van der Waals surface area contributed by atoms with E-state index in [9.17, 15) is 4.79 Å². The quantitative estimate of drug-likeness (QED) is 0.323. The highest BCUT2D eigenvalue weighted by molar-refractivity contribution is 5.97. The van der Waals surface area contributed by atoms with Gasteiger partial charge in [0.2, 0.25) is 5.91 Å². The molecule has 0 aromatic carbocycles. The van der Waals surface area contributed by atoms with Gasteiger partial charge in [0, 0.05) is 41.8 Å². The third-order valence-electron chi connectivity index (χ3n) is 6.32. The first kappa shape index (κ1) is 21.2. The van der Waals surface area contributed by atoms with Crippen LogP contribution in [0.4, 0.5) is 10.1 Å². The van der Waals surface area contributed by atoms with Gasteiger partial charge in [0.25, 0.3) is 0 Å². The lowest BCUT2D eigenvalue weighted by atomic mass is 10.1. The molecule has 7 rings (SSSR count). The number of halogens is 1. The minimum atomic E-state index is -0.523. The Morgan fingerprint density at radius 3 is 2.78 bits per heavy atom. The van der Waals surface area contributed by atoms with Crippen LogP contribution in [0.3, 0.4) is 0 Å². The summed E-state index contributed by atoms with van der Waals surface area (Å²) in [6, 6.07) is 9.03. The highest BCUT2D eigenvalue weighted by atomic mass is 19.1. The zero-order valence-corrected chi connectivity index (χ0v) is 19.2. The Bertz CT molecular complexity index is 1810. The van der Waals surface area contributed by atoms with E-state index in [4.69, 9.17) is 4.98 Å². The predicted molar refractivity (Wildman–Crippen MR) is 135 cm³/mol. The van der Waals surface area contributed by atoms with E-state index in [2.05, 4.69) is 40.4 Å². The first-order valence-corrected chi connectivity index (χ1v) is 11.7. The van der Waals surface area contributed by atoms with Crippen molar-refractivity contribution in [2.45, 2.75) is 12.8 Å². The van der Waals surface area contributed by atoms with Gasteiger partial charge in [-0.15, -0.1) is 0 Å². The molecule has 6 heterocycles. The van der Waals surface area contributed by atoms with Crippen LogP contribution in [-0.2, 0) is 4.79 Å². The number of carbonyl (C=O) groups excluding carboxylic acids is 1. The fraction of sp³-hybridized carbons (Fsp3) is 0.115. The normalized spacial score (nSPS) is 13.3. The van der Waals surface area contributed by atoms with E-state index in [1.165, 1.54) is 12.4 Å². The molecule has 0 unspecified atom stereocenters. The summed E-state index contributed by atoms with van der Waals surface area (Å²) in [7, 11) is 0. The van der Waals surface area contributed by atoms with Gasteiger partial charge in [0.1, 0.15) is 22.7 Å². The number of aromatic amines is 2. The molecule has 0 spiro atoms. The van der Waals surface area contributed by atoms with Gasteiger partial charge in [0.05, 0.1) is 28.5 Å². The summed E-state index contributed by atoms with van der Waals surface area (Å²) < 4.78 is 16.0. The van der Waals surface area contributed by atoms with Crippen molar-refractivity contribution >= 4 is 33.7 Å². The van der Waals surface area contributed by atoms with Gasteiger partial charge in [-0.05, 0) is 37.1 Å². The molecule has 3 N–H and O–H groups in total. The third kappa shape index (κ3) is 3.68.